The van der Waals surface area contributed by atoms with Crippen molar-refractivity contribution in [3.8, 4) is 17.1 Å². The first kappa shape index (κ1) is 19.2. The van der Waals surface area contributed by atoms with Gasteiger partial charge in [-0.2, -0.15) is 31.6 Å². The molecule has 12 heteroatoms. The second kappa shape index (κ2) is 6.55. The summed E-state index contributed by atoms with van der Waals surface area (Å²) in [6, 6.07) is 3.85. The van der Waals surface area contributed by atoms with Gasteiger partial charge in [-0.15, -0.1) is 10.2 Å². The quantitative estimate of drug-likeness (QED) is 0.604. The molecule has 0 saturated heterocycles. The van der Waals surface area contributed by atoms with Crippen LogP contribution in [0, 0.1) is 0 Å². The maximum absolute atomic E-state index is 13.6. The number of fused-ring (bicyclic) bond motifs is 1. The monoisotopic (exact) mass is 407 g/mol. The summed E-state index contributed by atoms with van der Waals surface area (Å²) in [4.78, 5) is 3.78. The van der Waals surface area contributed by atoms with E-state index in [-0.39, 0.29) is 27.8 Å². The number of aromatic nitrogens is 5. The van der Waals surface area contributed by atoms with E-state index in [0.29, 0.717) is 6.92 Å². The lowest BCUT2D eigenvalue weighted by Crippen LogP contribution is -2.31. The third-order valence-corrected chi connectivity index (χ3v) is 3.80. The van der Waals surface area contributed by atoms with Gasteiger partial charge in [0.1, 0.15) is 5.69 Å². The van der Waals surface area contributed by atoms with E-state index in [9.17, 15) is 22.0 Å². The number of ether oxygens (including phenoxy) is 1. The van der Waals surface area contributed by atoms with Crippen molar-refractivity contribution in [3.63, 3.8) is 0 Å². The van der Waals surface area contributed by atoms with Crippen LogP contribution in [0.25, 0.3) is 16.9 Å². The van der Waals surface area contributed by atoms with E-state index < -0.39 is 24.0 Å². The third kappa shape index (κ3) is 3.92. The Morgan fingerprint density at radius 1 is 1.15 bits per heavy atom. The molecule has 0 aromatic carbocycles. The summed E-state index contributed by atoms with van der Waals surface area (Å²) >= 11 is 6.11. The van der Waals surface area contributed by atoms with E-state index in [1.165, 1.54) is 24.4 Å². The van der Waals surface area contributed by atoms with E-state index in [1.807, 2.05) is 0 Å². The molecular weight excluding hydrogens is 397 g/mol. The first-order valence-corrected chi connectivity index (χ1v) is 7.84. The predicted molar refractivity (Wildman–Crippen MR) is 84.7 cm³/mol. The standard InChI is InChI=1S/C15H11ClF5N5O/c1-7(15(19,20)21)27-11-4-3-8(6-22-11)12-9(16)5-10-23-24-13(14(2,17)18)26(10)25-12/h3-7H,1-2H3/t7-/m0/s1. The fraction of sp³-hybridized carbons (Fsp3) is 0.333. The molecule has 3 aromatic heterocycles. The molecule has 3 aromatic rings. The Balaban J connectivity index is 1.96. The minimum absolute atomic E-state index is 0.0205. The highest BCUT2D eigenvalue weighted by Gasteiger charge is 2.38. The van der Waals surface area contributed by atoms with Crippen LogP contribution in [0.3, 0.4) is 0 Å². The van der Waals surface area contributed by atoms with Crippen molar-refractivity contribution in [2.45, 2.75) is 32.1 Å². The Bertz CT molecular complexity index is 968. The maximum Gasteiger partial charge on any atom is 0.425 e. The highest BCUT2D eigenvalue weighted by Crippen LogP contribution is 2.31. The van der Waals surface area contributed by atoms with Crippen LogP contribution >= 0.6 is 11.6 Å². The molecule has 6 nitrogen and oxygen atoms in total. The molecule has 3 rings (SSSR count). The molecular formula is C15H11ClF5N5O. The smallest absolute Gasteiger partial charge is 0.425 e. The second-order valence-corrected chi connectivity index (χ2v) is 6.12. The van der Waals surface area contributed by atoms with Gasteiger partial charge in [0.15, 0.2) is 11.8 Å². The Hall–Kier alpha value is -2.56. The summed E-state index contributed by atoms with van der Waals surface area (Å²) in [5, 5.41) is 11.1. The van der Waals surface area contributed by atoms with Gasteiger partial charge in [0.2, 0.25) is 11.7 Å². The second-order valence-electron chi connectivity index (χ2n) is 5.71. The predicted octanol–water partition coefficient (Wildman–Crippen LogP) is 4.28. The summed E-state index contributed by atoms with van der Waals surface area (Å²) < 4.78 is 70.3. The van der Waals surface area contributed by atoms with Crippen molar-refractivity contribution in [1.82, 2.24) is 24.8 Å². The van der Waals surface area contributed by atoms with Gasteiger partial charge in [-0.3, -0.25) is 0 Å². The number of hydrogen-bond acceptors (Lipinski definition) is 5. The van der Waals surface area contributed by atoms with Crippen LogP contribution in [0.4, 0.5) is 22.0 Å². The van der Waals surface area contributed by atoms with Crippen molar-refractivity contribution in [1.29, 1.82) is 0 Å². The summed E-state index contributed by atoms with van der Waals surface area (Å²) in [7, 11) is 0. The van der Waals surface area contributed by atoms with E-state index >= 15 is 0 Å². The van der Waals surface area contributed by atoms with E-state index in [4.69, 9.17) is 16.3 Å². The molecule has 0 unspecified atom stereocenters. The number of halogens is 6. The van der Waals surface area contributed by atoms with E-state index in [2.05, 4.69) is 20.3 Å². The fourth-order valence-electron chi connectivity index (χ4n) is 2.12. The van der Waals surface area contributed by atoms with Crippen molar-refractivity contribution in [2.24, 2.45) is 0 Å². The highest BCUT2D eigenvalue weighted by molar-refractivity contribution is 6.33. The molecule has 3 heterocycles. The van der Waals surface area contributed by atoms with Crippen molar-refractivity contribution >= 4 is 17.2 Å². The van der Waals surface area contributed by atoms with Crippen LogP contribution < -0.4 is 4.74 Å². The third-order valence-electron chi connectivity index (χ3n) is 3.51. The lowest BCUT2D eigenvalue weighted by Gasteiger charge is -2.16. The molecule has 0 fully saturated rings. The first-order chi connectivity index (χ1) is 12.5. The molecule has 0 bridgehead atoms. The molecule has 0 amide bonds. The zero-order valence-electron chi connectivity index (χ0n) is 13.8. The Labute approximate surface area is 153 Å². The topological polar surface area (TPSA) is 65.2 Å². The Morgan fingerprint density at radius 3 is 2.41 bits per heavy atom. The largest absolute Gasteiger partial charge is 0.465 e. The summed E-state index contributed by atoms with van der Waals surface area (Å²) in [6.07, 6.45) is -5.40. The van der Waals surface area contributed by atoms with Crippen LogP contribution in [0.5, 0.6) is 5.88 Å². The number of alkyl halides is 5. The molecule has 0 spiro atoms. The molecule has 0 aliphatic heterocycles. The van der Waals surface area contributed by atoms with E-state index in [1.54, 1.807) is 0 Å². The van der Waals surface area contributed by atoms with Crippen molar-refractivity contribution in [3.05, 3.63) is 35.2 Å². The van der Waals surface area contributed by atoms with Gasteiger partial charge in [0.25, 0.3) is 0 Å². The van der Waals surface area contributed by atoms with Gasteiger partial charge in [0.05, 0.1) is 5.02 Å². The summed E-state index contributed by atoms with van der Waals surface area (Å²) in [5.41, 5.74) is 0.387. The first-order valence-electron chi connectivity index (χ1n) is 7.47. The molecule has 0 radical (unpaired) electrons. The van der Waals surface area contributed by atoms with Crippen LogP contribution in [-0.2, 0) is 5.92 Å². The van der Waals surface area contributed by atoms with Gasteiger partial charge in [-0.05, 0) is 13.0 Å². The lowest BCUT2D eigenvalue weighted by atomic mass is 10.2. The number of hydrogen-bond donors (Lipinski definition) is 0. The fourth-order valence-corrected chi connectivity index (χ4v) is 2.36. The normalized spacial score (nSPS) is 13.8. The van der Waals surface area contributed by atoms with Crippen LogP contribution in [-0.4, -0.2) is 37.1 Å². The van der Waals surface area contributed by atoms with Crippen LogP contribution in [0.2, 0.25) is 5.02 Å². The minimum atomic E-state index is -4.54. The molecule has 144 valence electrons. The minimum Gasteiger partial charge on any atom is -0.465 e. The van der Waals surface area contributed by atoms with Crippen LogP contribution in [0.15, 0.2) is 24.4 Å². The molecule has 0 saturated carbocycles. The van der Waals surface area contributed by atoms with Gasteiger partial charge in [-0.25, -0.2) is 4.98 Å². The van der Waals surface area contributed by atoms with Crippen LogP contribution in [0.1, 0.15) is 19.7 Å². The van der Waals surface area contributed by atoms with Gasteiger partial charge in [0, 0.05) is 30.8 Å². The molecule has 0 aliphatic rings. The molecule has 1 atom stereocenters. The van der Waals surface area contributed by atoms with Gasteiger partial charge < -0.3 is 4.74 Å². The van der Waals surface area contributed by atoms with Gasteiger partial charge >= 0.3 is 12.1 Å². The molecule has 27 heavy (non-hydrogen) atoms. The number of nitrogens with zero attached hydrogens (tertiary/aromatic N) is 5. The zero-order valence-corrected chi connectivity index (χ0v) is 14.6. The van der Waals surface area contributed by atoms with E-state index in [0.717, 1.165) is 11.4 Å². The van der Waals surface area contributed by atoms with Crippen molar-refractivity contribution < 1.29 is 26.7 Å². The summed E-state index contributed by atoms with van der Waals surface area (Å²) in [5.74, 6) is -4.23. The maximum atomic E-state index is 13.6. The highest BCUT2D eigenvalue weighted by atomic mass is 35.5. The zero-order chi connectivity index (χ0) is 20.0. The number of pyridine rings is 1. The summed E-state index contributed by atoms with van der Waals surface area (Å²) in [6.45, 7) is 1.50. The lowest BCUT2D eigenvalue weighted by molar-refractivity contribution is -0.189. The van der Waals surface area contributed by atoms with Gasteiger partial charge in [-0.1, -0.05) is 11.6 Å². The SMILES string of the molecule is C[C@H](Oc1ccc(-c2nn3c(C(C)(F)F)nnc3cc2Cl)cn1)C(F)(F)F. The molecule has 0 N–H and O–H groups in total. The average molecular weight is 408 g/mol. The Morgan fingerprint density at radius 2 is 1.85 bits per heavy atom. The average Bonchev–Trinajstić information content (AvgIpc) is 2.97. The molecule has 0 aliphatic carbocycles. The Kier molecular flexibility index (Phi) is 4.66. The van der Waals surface area contributed by atoms with Crippen molar-refractivity contribution in [2.75, 3.05) is 0 Å². The number of rotatable bonds is 4.